The molecule has 2 aromatic rings. The highest BCUT2D eigenvalue weighted by atomic mass is 35.5. The maximum atomic E-state index is 12.9. The Morgan fingerprint density at radius 2 is 1.77 bits per heavy atom. The summed E-state index contributed by atoms with van der Waals surface area (Å²) >= 11 is 12.1. The summed E-state index contributed by atoms with van der Waals surface area (Å²) in [5.74, 6) is -0.486. The molecule has 0 aliphatic carbocycles. The lowest BCUT2D eigenvalue weighted by atomic mass is 9.93. The standard InChI is InChI=1S/C17H16Cl2FNO/c1-17(2,14-8-5-12(18)10-15(14)19)21-16(22)9-11-3-6-13(20)7-4-11/h3-8,10H,9H2,1-2H3,(H,21,22). The first-order valence-corrected chi connectivity index (χ1v) is 7.54. The van der Waals surface area contributed by atoms with E-state index in [-0.39, 0.29) is 18.1 Å². The number of carbonyl (C=O) groups is 1. The quantitative estimate of drug-likeness (QED) is 0.857. The normalized spacial score (nSPS) is 11.3. The van der Waals surface area contributed by atoms with Crippen LogP contribution < -0.4 is 5.32 Å². The van der Waals surface area contributed by atoms with Crippen LogP contribution in [0.5, 0.6) is 0 Å². The van der Waals surface area contributed by atoms with E-state index in [0.717, 1.165) is 11.1 Å². The Morgan fingerprint density at radius 1 is 1.14 bits per heavy atom. The fraction of sp³-hybridized carbons (Fsp3) is 0.235. The van der Waals surface area contributed by atoms with Crippen LogP contribution in [0.25, 0.3) is 0 Å². The van der Waals surface area contributed by atoms with E-state index in [1.165, 1.54) is 12.1 Å². The van der Waals surface area contributed by atoms with E-state index < -0.39 is 5.54 Å². The van der Waals surface area contributed by atoms with Crippen LogP contribution >= 0.6 is 23.2 Å². The highest BCUT2D eigenvalue weighted by Crippen LogP contribution is 2.30. The topological polar surface area (TPSA) is 29.1 Å². The molecule has 22 heavy (non-hydrogen) atoms. The molecule has 0 fully saturated rings. The second kappa shape index (κ2) is 6.67. The fourth-order valence-corrected chi connectivity index (χ4v) is 2.89. The summed E-state index contributed by atoms with van der Waals surface area (Å²) in [7, 11) is 0. The van der Waals surface area contributed by atoms with Gasteiger partial charge in [0.2, 0.25) is 5.91 Å². The Labute approximate surface area is 139 Å². The molecule has 1 amide bonds. The number of halogens is 3. The van der Waals surface area contributed by atoms with E-state index in [0.29, 0.717) is 10.0 Å². The maximum Gasteiger partial charge on any atom is 0.225 e. The average molecular weight is 340 g/mol. The molecule has 1 N–H and O–H groups in total. The van der Waals surface area contributed by atoms with Gasteiger partial charge in [-0.3, -0.25) is 4.79 Å². The van der Waals surface area contributed by atoms with Gasteiger partial charge in [-0.1, -0.05) is 41.4 Å². The first-order valence-electron chi connectivity index (χ1n) is 6.79. The lowest BCUT2D eigenvalue weighted by Gasteiger charge is -2.28. The summed E-state index contributed by atoms with van der Waals surface area (Å²) in [6.45, 7) is 3.73. The summed E-state index contributed by atoms with van der Waals surface area (Å²) in [6, 6.07) is 11.0. The molecule has 2 nitrogen and oxygen atoms in total. The van der Waals surface area contributed by atoms with Gasteiger partial charge in [0, 0.05) is 10.0 Å². The van der Waals surface area contributed by atoms with Crippen molar-refractivity contribution in [2.75, 3.05) is 0 Å². The third-order valence-corrected chi connectivity index (χ3v) is 3.88. The summed E-state index contributed by atoms with van der Waals surface area (Å²) in [4.78, 5) is 12.2. The zero-order valence-electron chi connectivity index (χ0n) is 12.3. The molecule has 0 spiro atoms. The number of rotatable bonds is 4. The molecule has 5 heteroatoms. The van der Waals surface area contributed by atoms with Crippen molar-refractivity contribution >= 4 is 29.1 Å². The van der Waals surface area contributed by atoms with Crippen molar-refractivity contribution in [2.45, 2.75) is 25.8 Å². The van der Waals surface area contributed by atoms with Crippen molar-refractivity contribution < 1.29 is 9.18 Å². The Hall–Kier alpha value is -1.58. The molecule has 116 valence electrons. The molecule has 0 saturated heterocycles. The molecule has 0 atom stereocenters. The molecule has 0 aliphatic rings. The van der Waals surface area contributed by atoms with Gasteiger partial charge in [0.1, 0.15) is 5.82 Å². The van der Waals surface area contributed by atoms with E-state index >= 15 is 0 Å². The number of hydrogen-bond acceptors (Lipinski definition) is 1. The lowest BCUT2D eigenvalue weighted by molar-refractivity contribution is -0.122. The zero-order valence-corrected chi connectivity index (χ0v) is 13.8. The molecular weight excluding hydrogens is 324 g/mol. The van der Waals surface area contributed by atoms with Crippen molar-refractivity contribution in [1.82, 2.24) is 5.32 Å². The van der Waals surface area contributed by atoms with Gasteiger partial charge in [0.25, 0.3) is 0 Å². The first-order chi connectivity index (χ1) is 10.3. The molecule has 2 aromatic carbocycles. The van der Waals surface area contributed by atoms with Crippen LogP contribution in [0.3, 0.4) is 0 Å². The third kappa shape index (κ3) is 4.21. The fourth-order valence-electron chi connectivity index (χ4n) is 2.24. The highest BCUT2D eigenvalue weighted by molar-refractivity contribution is 6.35. The van der Waals surface area contributed by atoms with Crippen LogP contribution in [0.15, 0.2) is 42.5 Å². The molecule has 0 saturated carbocycles. The van der Waals surface area contributed by atoms with Crippen LogP contribution in [-0.4, -0.2) is 5.91 Å². The predicted octanol–water partition coefficient (Wildman–Crippen LogP) is 4.73. The van der Waals surface area contributed by atoms with Gasteiger partial charge in [-0.05, 0) is 49.2 Å². The molecule has 0 radical (unpaired) electrons. The second-order valence-corrected chi connectivity index (χ2v) is 6.44. The van der Waals surface area contributed by atoms with Crippen LogP contribution in [0.4, 0.5) is 4.39 Å². The Balaban J connectivity index is 2.10. The molecular formula is C17H16Cl2FNO. The summed E-state index contributed by atoms with van der Waals surface area (Å²) in [6.07, 6.45) is 0.176. The van der Waals surface area contributed by atoms with Crippen molar-refractivity contribution in [3.63, 3.8) is 0 Å². The van der Waals surface area contributed by atoms with Crippen molar-refractivity contribution in [3.05, 3.63) is 69.5 Å². The number of benzene rings is 2. The maximum absolute atomic E-state index is 12.9. The predicted molar refractivity (Wildman–Crippen MR) is 87.7 cm³/mol. The Morgan fingerprint density at radius 3 is 2.36 bits per heavy atom. The van der Waals surface area contributed by atoms with Gasteiger partial charge < -0.3 is 5.32 Å². The SMILES string of the molecule is CC(C)(NC(=O)Cc1ccc(F)cc1)c1ccc(Cl)cc1Cl. The second-order valence-electron chi connectivity index (χ2n) is 5.60. The van der Waals surface area contributed by atoms with Crippen molar-refractivity contribution in [1.29, 1.82) is 0 Å². The Bertz CT molecular complexity index is 684. The van der Waals surface area contributed by atoms with E-state index in [2.05, 4.69) is 5.32 Å². The summed E-state index contributed by atoms with van der Waals surface area (Å²) in [5, 5.41) is 3.98. The van der Waals surface area contributed by atoms with E-state index in [1.54, 1.807) is 30.3 Å². The summed E-state index contributed by atoms with van der Waals surface area (Å²) in [5.41, 5.74) is 0.890. The van der Waals surface area contributed by atoms with Crippen LogP contribution in [0.2, 0.25) is 10.0 Å². The number of hydrogen-bond donors (Lipinski definition) is 1. The minimum atomic E-state index is -0.640. The number of amides is 1. The molecule has 0 unspecified atom stereocenters. The minimum Gasteiger partial charge on any atom is -0.347 e. The van der Waals surface area contributed by atoms with Crippen LogP contribution in [-0.2, 0) is 16.8 Å². The summed E-state index contributed by atoms with van der Waals surface area (Å²) < 4.78 is 12.9. The minimum absolute atomic E-state index is 0.164. The van der Waals surface area contributed by atoms with E-state index in [4.69, 9.17) is 23.2 Å². The van der Waals surface area contributed by atoms with Gasteiger partial charge >= 0.3 is 0 Å². The van der Waals surface area contributed by atoms with E-state index in [9.17, 15) is 9.18 Å². The monoisotopic (exact) mass is 339 g/mol. The number of carbonyl (C=O) groups excluding carboxylic acids is 1. The van der Waals surface area contributed by atoms with Gasteiger partial charge in [0.05, 0.1) is 12.0 Å². The first kappa shape index (κ1) is 16.8. The van der Waals surface area contributed by atoms with Crippen molar-refractivity contribution in [3.8, 4) is 0 Å². The average Bonchev–Trinajstić information content (AvgIpc) is 2.40. The molecule has 0 heterocycles. The lowest BCUT2D eigenvalue weighted by Crippen LogP contribution is -2.42. The Kier molecular flexibility index (Phi) is 5.09. The van der Waals surface area contributed by atoms with Crippen LogP contribution in [0.1, 0.15) is 25.0 Å². The molecule has 2 rings (SSSR count). The molecule has 0 aliphatic heterocycles. The van der Waals surface area contributed by atoms with Gasteiger partial charge in [-0.2, -0.15) is 0 Å². The van der Waals surface area contributed by atoms with Gasteiger partial charge in [-0.25, -0.2) is 4.39 Å². The van der Waals surface area contributed by atoms with Gasteiger partial charge in [-0.15, -0.1) is 0 Å². The molecule has 0 bridgehead atoms. The molecule has 0 aromatic heterocycles. The zero-order chi connectivity index (χ0) is 16.3. The largest absolute Gasteiger partial charge is 0.347 e. The van der Waals surface area contributed by atoms with E-state index in [1.807, 2.05) is 13.8 Å². The third-order valence-electron chi connectivity index (χ3n) is 3.33. The van der Waals surface area contributed by atoms with Crippen molar-refractivity contribution in [2.24, 2.45) is 0 Å². The number of nitrogens with one attached hydrogen (secondary N) is 1. The van der Waals surface area contributed by atoms with Crippen LogP contribution in [0, 0.1) is 5.82 Å². The smallest absolute Gasteiger partial charge is 0.225 e. The highest BCUT2D eigenvalue weighted by Gasteiger charge is 2.25. The van der Waals surface area contributed by atoms with Gasteiger partial charge in [0.15, 0.2) is 0 Å².